The van der Waals surface area contributed by atoms with Crippen LogP contribution < -0.4 is 10.1 Å². The third-order valence-electron chi connectivity index (χ3n) is 3.59. The van der Waals surface area contributed by atoms with E-state index >= 15 is 0 Å². The smallest absolute Gasteiger partial charge is 0.127 e. The zero-order chi connectivity index (χ0) is 13.9. The molecular weight excluding hydrogens is 290 g/mol. The zero-order valence-electron chi connectivity index (χ0n) is 11.5. The molecule has 1 aromatic carbocycles. The average molecular weight is 308 g/mol. The Hall–Kier alpha value is -1.03. The predicted molar refractivity (Wildman–Crippen MR) is 85.1 cm³/mol. The van der Waals surface area contributed by atoms with E-state index in [1.165, 1.54) is 11.1 Å². The highest BCUT2D eigenvalue weighted by Crippen LogP contribution is 2.39. The SMILES string of the molecule is CCNC(c1cccc2c1OCCC2)c1sccc1Cl. The fourth-order valence-corrected chi connectivity index (χ4v) is 3.96. The third kappa shape index (κ3) is 2.58. The molecule has 1 aliphatic rings. The van der Waals surface area contributed by atoms with E-state index in [4.69, 9.17) is 16.3 Å². The molecule has 1 aliphatic heterocycles. The maximum Gasteiger partial charge on any atom is 0.127 e. The number of thiophene rings is 1. The second-order valence-corrected chi connectivity index (χ2v) is 6.27. The molecule has 1 unspecified atom stereocenters. The van der Waals surface area contributed by atoms with Crippen LogP contribution >= 0.6 is 22.9 Å². The van der Waals surface area contributed by atoms with Crippen molar-refractivity contribution >= 4 is 22.9 Å². The van der Waals surface area contributed by atoms with Crippen LogP contribution in [0.4, 0.5) is 0 Å². The van der Waals surface area contributed by atoms with Gasteiger partial charge >= 0.3 is 0 Å². The summed E-state index contributed by atoms with van der Waals surface area (Å²) in [6.07, 6.45) is 2.20. The number of nitrogens with one attached hydrogen (secondary N) is 1. The lowest BCUT2D eigenvalue weighted by Gasteiger charge is -2.25. The number of benzene rings is 1. The normalized spacial score (nSPS) is 15.5. The summed E-state index contributed by atoms with van der Waals surface area (Å²) in [5, 5.41) is 6.41. The number of rotatable bonds is 4. The predicted octanol–water partition coefficient (Wildman–Crippen LogP) is 4.43. The number of fused-ring (bicyclic) bond motifs is 1. The van der Waals surface area contributed by atoms with E-state index in [1.54, 1.807) is 11.3 Å². The topological polar surface area (TPSA) is 21.3 Å². The molecule has 3 rings (SSSR count). The number of ether oxygens (including phenoxy) is 1. The van der Waals surface area contributed by atoms with Crippen LogP contribution in [0.25, 0.3) is 0 Å². The van der Waals surface area contributed by atoms with Crippen molar-refractivity contribution in [3.05, 3.63) is 50.7 Å². The monoisotopic (exact) mass is 307 g/mol. The van der Waals surface area contributed by atoms with Gasteiger partial charge in [-0.2, -0.15) is 0 Å². The van der Waals surface area contributed by atoms with E-state index in [9.17, 15) is 0 Å². The fraction of sp³-hybridized carbons (Fsp3) is 0.375. The number of para-hydroxylation sites is 1. The van der Waals surface area contributed by atoms with Crippen molar-refractivity contribution in [1.29, 1.82) is 0 Å². The highest BCUT2D eigenvalue weighted by molar-refractivity contribution is 7.10. The largest absolute Gasteiger partial charge is 0.493 e. The molecule has 1 aromatic heterocycles. The van der Waals surface area contributed by atoms with Gasteiger partial charge < -0.3 is 10.1 Å². The number of aryl methyl sites for hydroxylation is 1. The van der Waals surface area contributed by atoms with E-state index in [-0.39, 0.29) is 6.04 Å². The van der Waals surface area contributed by atoms with Crippen LogP contribution in [0, 0.1) is 0 Å². The minimum absolute atomic E-state index is 0.112. The highest BCUT2D eigenvalue weighted by Gasteiger charge is 2.24. The van der Waals surface area contributed by atoms with E-state index in [2.05, 4.69) is 30.4 Å². The Bertz CT molecular complexity index is 596. The highest BCUT2D eigenvalue weighted by atomic mass is 35.5. The summed E-state index contributed by atoms with van der Waals surface area (Å²) >= 11 is 8.03. The minimum atomic E-state index is 0.112. The first-order valence-corrected chi connectivity index (χ1v) is 8.28. The molecule has 106 valence electrons. The van der Waals surface area contributed by atoms with Gasteiger partial charge in [-0.3, -0.25) is 0 Å². The number of halogens is 1. The summed E-state index contributed by atoms with van der Waals surface area (Å²) in [4.78, 5) is 1.16. The van der Waals surface area contributed by atoms with Crippen molar-refractivity contribution in [1.82, 2.24) is 5.32 Å². The molecule has 0 saturated heterocycles. The Labute approximate surface area is 128 Å². The van der Waals surface area contributed by atoms with Gasteiger partial charge in [0, 0.05) is 10.4 Å². The maximum atomic E-state index is 6.33. The molecule has 20 heavy (non-hydrogen) atoms. The summed E-state index contributed by atoms with van der Waals surface area (Å²) in [6, 6.07) is 8.50. The Morgan fingerprint density at radius 2 is 2.30 bits per heavy atom. The first-order chi connectivity index (χ1) is 9.81. The van der Waals surface area contributed by atoms with Crippen LogP contribution in [0.5, 0.6) is 5.75 Å². The Kier molecular flexibility index (Phi) is 4.29. The van der Waals surface area contributed by atoms with Crippen LogP contribution in [0.1, 0.15) is 35.4 Å². The summed E-state index contributed by atoms with van der Waals surface area (Å²) in [6.45, 7) is 3.81. The molecule has 1 N–H and O–H groups in total. The zero-order valence-corrected chi connectivity index (χ0v) is 13.1. The minimum Gasteiger partial charge on any atom is -0.493 e. The Morgan fingerprint density at radius 3 is 3.05 bits per heavy atom. The van der Waals surface area contributed by atoms with Crippen molar-refractivity contribution in [2.75, 3.05) is 13.2 Å². The maximum absolute atomic E-state index is 6.33. The molecule has 1 atom stereocenters. The molecule has 2 aromatic rings. The molecule has 0 bridgehead atoms. The molecule has 0 radical (unpaired) electrons. The number of hydrogen-bond donors (Lipinski definition) is 1. The second kappa shape index (κ2) is 6.17. The number of hydrogen-bond acceptors (Lipinski definition) is 3. The average Bonchev–Trinajstić information content (AvgIpc) is 2.90. The Balaban J connectivity index is 2.06. The van der Waals surface area contributed by atoms with E-state index < -0.39 is 0 Å². The summed E-state index contributed by atoms with van der Waals surface area (Å²) < 4.78 is 5.94. The van der Waals surface area contributed by atoms with Crippen molar-refractivity contribution in [3.8, 4) is 5.75 Å². The molecule has 2 heterocycles. The lowest BCUT2D eigenvalue weighted by molar-refractivity contribution is 0.283. The molecule has 0 spiro atoms. The summed E-state index contributed by atoms with van der Waals surface area (Å²) in [5.74, 6) is 1.05. The van der Waals surface area contributed by atoms with Crippen LogP contribution in [-0.2, 0) is 6.42 Å². The summed E-state index contributed by atoms with van der Waals surface area (Å²) in [7, 11) is 0. The van der Waals surface area contributed by atoms with Gasteiger partial charge in [0.15, 0.2) is 0 Å². The van der Waals surface area contributed by atoms with Gasteiger partial charge in [-0.15, -0.1) is 11.3 Å². The van der Waals surface area contributed by atoms with Crippen molar-refractivity contribution in [3.63, 3.8) is 0 Å². The van der Waals surface area contributed by atoms with E-state index in [0.717, 1.165) is 41.6 Å². The van der Waals surface area contributed by atoms with Crippen LogP contribution in [-0.4, -0.2) is 13.2 Å². The quantitative estimate of drug-likeness (QED) is 0.902. The lowest BCUT2D eigenvalue weighted by Crippen LogP contribution is -2.23. The van der Waals surface area contributed by atoms with Gasteiger partial charge in [0.05, 0.1) is 17.7 Å². The van der Waals surface area contributed by atoms with Gasteiger partial charge in [0.2, 0.25) is 0 Å². The van der Waals surface area contributed by atoms with Crippen LogP contribution in [0.3, 0.4) is 0 Å². The third-order valence-corrected chi connectivity index (χ3v) is 5.01. The van der Waals surface area contributed by atoms with Gasteiger partial charge in [0.1, 0.15) is 5.75 Å². The first-order valence-electron chi connectivity index (χ1n) is 7.02. The van der Waals surface area contributed by atoms with Crippen LogP contribution in [0.2, 0.25) is 5.02 Å². The lowest BCUT2D eigenvalue weighted by atomic mass is 9.97. The fourth-order valence-electron chi connectivity index (χ4n) is 2.70. The molecule has 0 amide bonds. The van der Waals surface area contributed by atoms with E-state index in [1.807, 2.05) is 11.4 Å². The van der Waals surface area contributed by atoms with Crippen molar-refractivity contribution in [2.24, 2.45) is 0 Å². The van der Waals surface area contributed by atoms with E-state index in [0.29, 0.717) is 0 Å². The van der Waals surface area contributed by atoms with Gasteiger partial charge in [0.25, 0.3) is 0 Å². The Morgan fingerprint density at radius 1 is 1.40 bits per heavy atom. The molecular formula is C16H18ClNOS. The van der Waals surface area contributed by atoms with Crippen molar-refractivity contribution < 1.29 is 4.74 Å². The van der Waals surface area contributed by atoms with Gasteiger partial charge in [-0.25, -0.2) is 0 Å². The molecule has 0 saturated carbocycles. The summed E-state index contributed by atoms with van der Waals surface area (Å²) in [5.41, 5.74) is 2.51. The van der Waals surface area contributed by atoms with Gasteiger partial charge in [-0.05, 0) is 36.4 Å². The van der Waals surface area contributed by atoms with Gasteiger partial charge in [-0.1, -0.05) is 36.7 Å². The van der Waals surface area contributed by atoms with Crippen molar-refractivity contribution in [2.45, 2.75) is 25.8 Å². The second-order valence-electron chi connectivity index (χ2n) is 4.91. The molecule has 2 nitrogen and oxygen atoms in total. The first kappa shape index (κ1) is 13.9. The standard InChI is InChI=1S/C16H18ClNOS/c1-2-18-14(16-13(17)8-10-20-16)12-7-3-5-11-6-4-9-19-15(11)12/h3,5,7-8,10,14,18H,2,4,6,9H2,1H3. The van der Waals surface area contributed by atoms with Crippen LogP contribution in [0.15, 0.2) is 29.6 Å². The molecule has 4 heteroatoms. The molecule has 0 aliphatic carbocycles. The molecule has 0 fully saturated rings.